The van der Waals surface area contributed by atoms with Gasteiger partial charge in [-0.15, -0.1) is 0 Å². The van der Waals surface area contributed by atoms with E-state index in [0.29, 0.717) is 5.56 Å². The van der Waals surface area contributed by atoms with Gasteiger partial charge in [-0.25, -0.2) is 4.79 Å². The molecule has 232 valence electrons. The molecule has 1 saturated heterocycles. The van der Waals surface area contributed by atoms with Crippen molar-refractivity contribution in [3.8, 4) is 0 Å². The fourth-order valence-corrected chi connectivity index (χ4v) is 11.5. The highest BCUT2D eigenvalue weighted by Crippen LogP contribution is 2.40. The molecule has 1 N–H and O–H groups in total. The van der Waals surface area contributed by atoms with E-state index in [1.54, 1.807) is 30.3 Å². The third-order valence-electron chi connectivity index (χ3n) is 7.96. The van der Waals surface area contributed by atoms with Crippen LogP contribution < -0.4 is 10.4 Å². The van der Waals surface area contributed by atoms with E-state index in [9.17, 15) is 15.4 Å². The van der Waals surface area contributed by atoms with Crippen molar-refractivity contribution in [2.75, 3.05) is 6.61 Å². The second kappa shape index (κ2) is 14.5. The molecule has 1 aliphatic heterocycles. The zero-order valence-corrected chi connectivity index (χ0v) is 27.3. The van der Waals surface area contributed by atoms with E-state index >= 15 is 0 Å². The maximum atomic E-state index is 13.3. The van der Waals surface area contributed by atoms with Gasteiger partial charge < -0.3 is 19.0 Å². The van der Waals surface area contributed by atoms with Crippen molar-refractivity contribution >= 4 is 36.4 Å². The summed E-state index contributed by atoms with van der Waals surface area (Å²) in [6, 6.07) is 37.5. The van der Waals surface area contributed by atoms with E-state index in [2.05, 4.69) is 55.1 Å². The summed E-state index contributed by atoms with van der Waals surface area (Å²) in [5.41, 5.74) is 9.08. The fourth-order valence-electron chi connectivity index (χ4n) is 5.82. The number of nitrogens with zero attached hydrogens (tertiary/aromatic N) is 3. The Kier molecular flexibility index (Phi) is 10.5. The number of aliphatic hydroxyl groups is 1. The second-order valence-corrected chi connectivity index (χ2v) is 17.3. The van der Waals surface area contributed by atoms with E-state index in [0.717, 1.165) is 15.3 Å². The van der Waals surface area contributed by atoms with Gasteiger partial charge >= 0.3 is 5.97 Å². The molecular formula is C35H37N3O5SSi. The molecule has 0 unspecified atom stereocenters. The van der Waals surface area contributed by atoms with Crippen molar-refractivity contribution in [2.24, 2.45) is 5.11 Å². The number of azide groups is 1. The summed E-state index contributed by atoms with van der Waals surface area (Å²) in [7, 11) is -2.99. The minimum atomic E-state index is -2.99. The third kappa shape index (κ3) is 7.17. The monoisotopic (exact) mass is 639 g/mol. The largest absolute Gasteiger partial charge is 0.455 e. The highest BCUT2D eigenvalue weighted by molar-refractivity contribution is 7.99. The number of hydrogen-bond acceptors (Lipinski definition) is 7. The highest BCUT2D eigenvalue weighted by Gasteiger charge is 2.53. The van der Waals surface area contributed by atoms with Crippen LogP contribution in [0.2, 0.25) is 5.04 Å². The summed E-state index contributed by atoms with van der Waals surface area (Å²) in [4.78, 5) is 17.2. The molecular weight excluding hydrogens is 603 g/mol. The molecule has 1 fully saturated rings. The lowest BCUT2D eigenvalue weighted by Gasteiger charge is -2.46. The Labute approximate surface area is 269 Å². The molecule has 10 heteroatoms. The number of carbonyl (C=O) groups excluding carboxylic acids is 1. The zero-order valence-electron chi connectivity index (χ0n) is 25.5. The number of ether oxygens (including phenoxy) is 2. The van der Waals surface area contributed by atoms with Crippen LogP contribution in [0.3, 0.4) is 0 Å². The first-order valence-corrected chi connectivity index (χ1v) is 17.6. The molecule has 8 nitrogen and oxygen atoms in total. The van der Waals surface area contributed by atoms with Crippen LogP contribution in [-0.2, 0) is 13.9 Å². The summed E-state index contributed by atoms with van der Waals surface area (Å²) >= 11 is 1.34. The summed E-state index contributed by atoms with van der Waals surface area (Å²) in [6.07, 6.45) is -3.41. The summed E-state index contributed by atoms with van der Waals surface area (Å²) in [5, 5.41) is 17.6. The number of thioether (sulfide) groups is 1. The van der Waals surface area contributed by atoms with Crippen LogP contribution in [0.1, 0.15) is 31.1 Å². The number of hydrogen-bond donors (Lipinski definition) is 1. The van der Waals surface area contributed by atoms with Crippen LogP contribution in [0.25, 0.3) is 10.4 Å². The molecule has 5 rings (SSSR count). The molecule has 0 amide bonds. The van der Waals surface area contributed by atoms with Crippen LogP contribution in [0, 0.1) is 0 Å². The molecule has 4 aromatic carbocycles. The SMILES string of the molecule is CC(C)(C)[Si](OC[C@H]1O[C@H](Sc2ccccc2)[C@H](N=[N+]=[N-])[C@@H](OC(=O)c2ccccc2)[C@@H]1O)(c1ccccc1)c1ccccc1. The first kappa shape index (κ1) is 32.5. The molecule has 4 aromatic rings. The quantitative estimate of drug-likeness (QED) is 0.0712. The van der Waals surface area contributed by atoms with Crippen LogP contribution in [-0.4, -0.2) is 55.8 Å². The average Bonchev–Trinajstić information content (AvgIpc) is 3.06. The number of aliphatic hydroxyl groups excluding tert-OH is 1. The lowest BCUT2D eigenvalue weighted by atomic mass is 9.98. The second-order valence-electron chi connectivity index (χ2n) is 11.9. The Balaban J connectivity index is 1.53. The van der Waals surface area contributed by atoms with Gasteiger partial charge in [0.05, 0.1) is 12.2 Å². The minimum Gasteiger partial charge on any atom is -0.455 e. The first-order chi connectivity index (χ1) is 21.7. The Hall–Kier alpha value is -3.89. The van der Waals surface area contributed by atoms with E-state index in [1.807, 2.05) is 66.7 Å². The molecule has 0 spiro atoms. The van der Waals surface area contributed by atoms with Gasteiger partial charge in [0.15, 0.2) is 0 Å². The summed E-state index contributed by atoms with van der Waals surface area (Å²) < 4.78 is 19.6. The number of benzene rings is 4. The van der Waals surface area contributed by atoms with Gasteiger partial charge in [-0.1, -0.05) is 135 Å². The van der Waals surface area contributed by atoms with Gasteiger partial charge in [-0.05, 0) is 45.2 Å². The standard InChI is InChI=1S/C35H37N3O5SSi/c1-35(2,3)45(27-20-12-6-13-21-27,28-22-14-7-15-23-28)41-24-29-31(39)32(43-33(40)25-16-8-4-9-17-25)30(37-38-36)34(42-29)44-26-18-10-5-11-19-26/h4-23,29-32,34,39H,24H2,1-3H3/t29-,30-,31-,32-,34-/m1/s1. The molecule has 45 heavy (non-hydrogen) atoms. The Morgan fingerprint density at radius 2 is 1.40 bits per heavy atom. The van der Waals surface area contributed by atoms with Gasteiger partial charge in [0.25, 0.3) is 8.32 Å². The Bertz CT molecular complexity index is 1550. The Morgan fingerprint density at radius 3 is 1.91 bits per heavy atom. The lowest BCUT2D eigenvalue weighted by molar-refractivity contribution is -0.165. The summed E-state index contributed by atoms with van der Waals surface area (Å²) in [5.74, 6) is -0.630. The molecule has 0 aliphatic carbocycles. The van der Waals surface area contributed by atoms with Crippen LogP contribution >= 0.6 is 11.8 Å². The van der Waals surface area contributed by atoms with Crippen molar-refractivity contribution in [1.82, 2.24) is 0 Å². The average molecular weight is 640 g/mol. The smallest absolute Gasteiger partial charge is 0.338 e. The fraction of sp³-hybridized carbons (Fsp3) is 0.286. The molecule has 1 heterocycles. The predicted molar refractivity (Wildman–Crippen MR) is 179 cm³/mol. The number of esters is 1. The van der Waals surface area contributed by atoms with Crippen molar-refractivity contribution < 1.29 is 23.8 Å². The summed E-state index contributed by atoms with van der Waals surface area (Å²) in [6.45, 7) is 6.54. The van der Waals surface area contributed by atoms with Crippen LogP contribution in [0.15, 0.2) is 131 Å². The van der Waals surface area contributed by atoms with Gasteiger partial charge in [-0.3, -0.25) is 0 Å². The first-order valence-electron chi connectivity index (χ1n) is 14.8. The third-order valence-corrected chi connectivity index (χ3v) is 14.1. The predicted octanol–water partition coefficient (Wildman–Crippen LogP) is 6.35. The maximum Gasteiger partial charge on any atom is 0.338 e. The highest BCUT2D eigenvalue weighted by atomic mass is 32.2. The number of carbonyl (C=O) groups is 1. The van der Waals surface area contributed by atoms with Crippen molar-refractivity contribution in [2.45, 2.75) is 60.5 Å². The molecule has 0 aromatic heterocycles. The van der Waals surface area contributed by atoms with Crippen molar-refractivity contribution in [1.29, 1.82) is 0 Å². The molecule has 0 bridgehead atoms. The number of rotatable bonds is 10. The van der Waals surface area contributed by atoms with Crippen LogP contribution in [0.5, 0.6) is 0 Å². The van der Waals surface area contributed by atoms with Gasteiger partial charge in [0.2, 0.25) is 0 Å². The molecule has 5 atom stereocenters. The van der Waals surface area contributed by atoms with Gasteiger partial charge in [0.1, 0.15) is 29.8 Å². The van der Waals surface area contributed by atoms with Gasteiger partial charge in [-0.2, -0.15) is 0 Å². The van der Waals surface area contributed by atoms with E-state index < -0.39 is 44.1 Å². The van der Waals surface area contributed by atoms with Crippen molar-refractivity contribution in [3.63, 3.8) is 0 Å². The normalized spacial score (nSPS) is 21.8. The van der Waals surface area contributed by atoms with E-state index in [-0.39, 0.29) is 11.6 Å². The molecule has 0 radical (unpaired) electrons. The minimum absolute atomic E-state index is 0.0165. The Morgan fingerprint density at radius 1 is 0.889 bits per heavy atom. The maximum absolute atomic E-state index is 13.3. The topological polar surface area (TPSA) is 114 Å². The molecule has 0 saturated carbocycles. The zero-order chi connectivity index (χ0) is 31.9. The van der Waals surface area contributed by atoms with Gasteiger partial charge in [0, 0.05) is 9.81 Å². The molecule has 1 aliphatic rings. The lowest BCUT2D eigenvalue weighted by Crippen LogP contribution is -2.68. The van der Waals surface area contributed by atoms with Crippen LogP contribution in [0.4, 0.5) is 0 Å². The van der Waals surface area contributed by atoms with E-state index in [1.165, 1.54) is 11.8 Å². The van der Waals surface area contributed by atoms with Crippen molar-refractivity contribution in [3.05, 3.63) is 137 Å². The van der Waals surface area contributed by atoms with E-state index in [4.69, 9.17) is 13.9 Å².